The number of amides is 2. The molecule has 1 saturated heterocycles. The van der Waals surface area contributed by atoms with Gasteiger partial charge in [-0.1, -0.05) is 6.08 Å². The van der Waals surface area contributed by atoms with Crippen molar-refractivity contribution in [3.63, 3.8) is 0 Å². The van der Waals surface area contributed by atoms with E-state index in [0.29, 0.717) is 32.4 Å². The molecule has 1 fully saturated rings. The minimum Gasteiger partial charge on any atom is -0.369 e. The summed E-state index contributed by atoms with van der Waals surface area (Å²) in [5, 5.41) is 0. The van der Waals surface area contributed by atoms with Crippen molar-refractivity contribution in [3.05, 3.63) is 12.7 Å². The Morgan fingerprint density at radius 1 is 1.44 bits per heavy atom. The number of hydrogen-bond acceptors (Lipinski definition) is 3. The SMILES string of the molecule is C=CCC(N)C(=O)N1CCC(C(N)=O)CC1. The third kappa shape index (κ3) is 3.06. The Balaban J connectivity index is 2.44. The van der Waals surface area contributed by atoms with Crippen molar-refractivity contribution >= 4 is 11.8 Å². The van der Waals surface area contributed by atoms with E-state index >= 15 is 0 Å². The van der Waals surface area contributed by atoms with Crippen LogP contribution in [0.2, 0.25) is 0 Å². The molecule has 16 heavy (non-hydrogen) atoms. The lowest BCUT2D eigenvalue weighted by atomic mass is 9.96. The Morgan fingerprint density at radius 2 is 2.00 bits per heavy atom. The third-order valence-electron chi connectivity index (χ3n) is 2.95. The molecule has 1 heterocycles. The number of likely N-dealkylation sites (tertiary alicyclic amines) is 1. The van der Waals surface area contributed by atoms with Gasteiger partial charge in [0.15, 0.2) is 0 Å². The first-order valence-corrected chi connectivity index (χ1v) is 5.50. The normalized spacial score (nSPS) is 19.2. The molecule has 1 unspecified atom stereocenters. The predicted octanol–water partition coefficient (Wildman–Crippen LogP) is -0.386. The first kappa shape index (κ1) is 12.7. The number of nitrogens with zero attached hydrogens (tertiary/aromatic N) is 1. The smallest absolute Gasteiger partial charge is 0.239 e. The van der Waals surface area contributed by atoms with Gasteiger partial charge in [-0.2, -0.15) is 0 Å². The number of hydrogen-bond donors (Lipinski definition) is 2. The van der Waals surface area contributed by atoms with Crippen LogP contribution < -0.4 is 11.5 Å². The molecule has 0 bridgehead atoms. The maximum Gasteiger partial charge on any atom is 0.239 e. The monoisotopic (exact) mass is 225 g/mol. The first-order valence-electron chi connectivity index (χ1n) is 5.50. The molecule has 0 aromatic heterocycles. The fraction of sp³-hybridized carbons (Fsp3) is 0.636. The molecule has 1 aliphatic heterocycles. The van der Waals surface area contributed by atoms with Crippen molar-refractivity contribution in [1.29, 1.82) is 0 Å². The summed E-state index contributed by atoms with van der Waals surface area (Å²) in [4.78, 5) is 24.5. The molecular formula is C11H19N3O2. The third-order valence-corrected chi connectivity index (χ3v) is 2.95. The van der Waals surface area contributed by atoms with Gasteiger partial charge in [0.2, 0.25) is 11.8 Å². The van der Waals surface area contributed by atoms with E-state index in [1.807, 2.05) is 0 Å². The Hall–Kier alpha value is -1.36. The van der Waals surface area contributed by atoms with Crippen LogP contribution >= 0.6 is 0 Å². The zero-order chi connectivity index (χ0) is 12.1. The summed E-state index contributed by atoms with van der Waals surface area (Å²) in [5.41, 5.74) is 10.9. The van der Waals surface area contributed by atoms with Crippen LogP contribution in [0.5, 0.6) is 0 Å². The molecule has 1 rings (SSSR count). The van der Waals surface area contributed by atoms with E-state index in [1.54, 1.807) is 11.0 Å². The number of nitrogens with two attached hydrogens (primary N) is 2. The molecule has 5 nitrogen and oxygen atoms in total. The molecule has 0 spiro atoms. The Kier molecular flexibility index (Phi) is 4.49. The van der Waals surface area contributed by atoms with Gasteiger partial charge in [0.25, 0.3) is 0 Å². The summed E-state index contributed by atoms with van der Waals surface area (Å²) < 4.78 is 0. The van der Waals surface area contributed by atoms with E-state index in [1.165, 1.54) is 0 Å². The number of carbonyl (C=O) groups excluding carboxylic acids is 2. The van der Waals surface area contributed by atoms with Crippen molar-refractivity contribution in [3.8, 4) is 0 Å². The van der Waals surface area contributed by atoms with Gasteiger partial charge in [-0.25, -0.2) is 0 Å². The molecule has 2 amide bonds. The Labute approximate surface area is 95.5 Å². The Morgan fingerprint density at radius 3 is 2.44 bits per heavy atom. The molecule has 0 aromatic carbocycles. The second-order valence-corrected chi connectivity index (χ2v) is 4.13. The van der Waals surface area contributed by atoms with Crippen LogP contribution in [0.25, 0.3) is 0 Å². The fourth-order valence-corrected chi connectivity index (χ4v) is 1.90. The molecule has 0 saturated carbocycles. The van der Waals surface area contributed by atoms with Crippen molar-refractivity contribution in [2.75, 3.05) is 13.1 Å². The largest absolute Gasteiger partial charge is 0.369 e. The van der Waals surface area contributed by atoms with Crippen LogP contribution in [-0.2, 0) is 9.59 Å². The first-order chi connectivity index (χ1) is 7.56. The van der Waals surface area contributed by atoms with Gasteiger partial charge in [0.1, 0.15) is 0 Å². The van der Waals surface area contributed by atoms with Crippen molar-refractivity contribution in [2.24, 2.45) is 17.4 Å². The number of piperidine rings is 1. The summed E-state index contributed by atoms with van der Waals surface area (Å²) in [7, 11) is 0. The number of carbonyl (C=O) groups is 2. The van der Waals surface area contributed by atoms with Crippen molar-refractivity contribution in [2.45, 2.75) is 25.3 Å². The quantitative estimate of drug-likeness (QED) is 0.639. The summed E-state index contributed by atoms with van der Waals surface area (Å²) in [6, 6.07) is -0.511. The fourth-order valence-electron chi connectivity index (χ4n) is 1.90. The van der Waals surface area contributed by atoms with Gasteiger partial charge in [0, 0.05) is 19.0 Å². The highest BCUT2D eigenvalue weighted by Crippen LogP contribution is 2.17. The maximum atomic E-state index is 11.8. The molecule has 0 radical (unpaired) electrons. The molecule has 5 heteroatoms. The van der Waals surface area contributed by atoms with Crippen LogP contribution in [0.15, 0.2) is 12.7 Å². The lowest BCUT2D eigenvalue weighted by Crippen LogP contribution is -2.48. The second-order valence-electron chi connectivity index (χ2n) is 4.13. The topological polar surface area (TPSA) is 89.4 Å². The highest BCUT2D eigenvalue weighted by molar-refractivity contribution is 5.82. The van der Waals surface area contributed by atoms with E-state index in [0.717, 1.165) is 0 Å². The molecule has 1 atom stereocenters. The van der Waals surface area contributed by atoms with Gasteiger partial charge in [0.05, 0.1) is 6.04 Å². The Bertz CT molecular complexity index is 283. The maximum absolute atomic E-state index is 11.8. The van der Waals surface area contributed by atoms with E-state index < -0.39 is 6.04 Å². The van der Waals surface area contributed by atoms with E-state index in [2.05, 4.69) is 6.58 Å². The van der Waals surface area contributed by atoms with Crippen molar-refractivity contribution < 1.29 is 9.59 Å². The molecule has 4 N–H and O–H groups in total. The van der Waals surface area contributed by atoms with Gasteiger partial charge in [-0.15, -0.1) is 6.58 Å². The highest BCUT2D eigenvalue weighted by Gasteiger charge is 2.27. The van der Waals surface area contributed by atoms with Crippen LogP contribution in [0.1, 0.15) is 19.3 Å². The molecular weight excluding hydrogens is 206 g/mol. The molecule has 90 valence electrons. The van der Waals surface area contributed by atoms with Crippen LogP contribution in [0.4, 0.5) is 0 Å². The van der Waals surface area contributed by atoms with Gasteiger partial charge < -0.3 is 16.4 Å². The van der Waals surface area contributed by atoms with Gasteiger partial charge in [-0.3, -0.25) is 9.59 Å². The van der Waals surface area contributed by atoms with Gasteiger partial charge >= 0.3 is 0 Å². The summed E-state index contributed by atoms with van der Waals surface area (Å²) >= 11 is 0. The van der Waals surface area contributed by atoms with Gasteiger partial charge in [-0.05, 0) is 19.3 Å². The predicted molar refractivity (Wildman–Crippen MR) is 61.3 cm³/mol. The van der Waals surface area contributed by atoms with Crippen molar-refractivity contribution in [1.82, 2.24) is 4.90 Å². The standard InChI is InChI=1S/C11H19N3O2/c1-2-3-9(12)11(16)14-6-4-8(5-7-14)10(13)15/h2,8-9H,1,3-7,12H2,(H2,13,15). The van der Waals surface area contributed by atoms with Crippen LogP contribution in [0.3, 0.4) is 0 Å². The number of primary amides is 1. The average Bonchev–Trinajstić information content (AvgIpc) is 2.28. The summed E-state index contributed by atoms with van der Waals surface area (Å²) in [6.07, 6.45) is 3.40. The second kappa shape index (κ2) is 5.65. The number of rotatable bonds is 4. The highest BCUT2D eigenvalue weighted by atomic mass is 16.2. The van der Waals surface area contributed by atoms with E-state index in [-0.39, 0.29) is 17.7 Å². The molecule has 0 aromatic rings. The lowest BCUT2D eigenvalue weighted by Gasteiger charge is -2.32. The minimum absolute atomic E-state index is 0.0668. The average molecular weight is 225 g/mol. The molecule has 1 aliphatic rings. The summed E-state index contributed by atoms with van der Waals surface area (Å²) in [5.74, 6) is -0.440. The van der Waals surface area contributed by atoms with Crippen LogP contribution in [-0.4, -0.2) is 35.8 Å². The van der Waals surface area contributed by atoms with E-state index in [4.69, 9.17) is 11.5 Å². The molecule has 0 aliphatic carbocycles. The lowest BCUT2D eigenvalue weighted by molar-refractivity contribution is -0.136. The van der Waals surface area contributed by atoms with E-state index in [9.17, 15) is 9.59 Å². The van der Waals surface area contributed by atoms with Crippen LogP contribution in [0, 0.1) is 5.92 Å². The minimum atomic E-state index is -0.511. The zero-order valence-corrected chi connectivity index (χ0v) is 9.39. The zero-order valence-electron chi connectivity index (χ0n) is 9.39. The summed E-state index contributed by atoms with van der Waals surface area (Å²) in [6.45, 7) is 4.69.